The molecule has 0 atom stereocenters. The van der Waals surface area contributed by atoms with Gasteiger partial charge in [0.15, 0.2) is 5.75 Å². The average Bonchev–Trinajstić information content (AvgIpc) is 2.36. The molecule has 0 bridgehead atoms. The van der Waals surface area contributed by atoms with Crippen LogP contribution in [0.15, 0.2) is 22.7 Å². The van der Waals surface area contributed by atoms with Crippen molar-refractivity contribution < 1.29 is 14.2 Å². The third-order valence-corrected chi connectivity index (χ3v) is 3.07. The molecule has 0 saturated heterocycles. The van der Waals surface area contributed by atoms with Crippen molar-refractivity contribution in [3.63, 3.8) is 0 Å². The number of halogens is 4. The van der Waals surface area contributed by atoms with Crippen LogP contribution in [-0.2, 0) is 4.74 Å². The molecule has 0 aliphatic carbocycles. The highest BCUT2D eigenvalue weighted by atomic mass is 35.5. The maximum atomic E-state index is 6.10. The van der Waals surface area contributed by atoms with E-state index in [4.69, 9.17) is 60.6 Å². The van der Waals surface area contributed by atoms with E-state index in [1.807, 2.05) is 0 Å². The topological polar surface area (TPSA) is 27.7 Å². The van der Waals surface area contributed by atoms with Crippen LogP contribution < -0.4 is 9.47 Å². The minimum absolute atomic E-state index is 0.139. The van der Waals surface area contributed by atoms with Crippen molar-refractivity contribution in [2.24, 2.45) is 0 Å². The SMILES string of the molecule is COCCCOc1c(Cl)cc(OCC=C(Cl)Cl)cc1Cl. The summed E-state index contributed by atoms with van der Waals surface area (Å²) >= 11 is 23.2. The van der Waals surface area contributed by atoms with E-state index in [0.717, 1.165) is 6.42 Å². The van der Waals surface area contributed by atoms with E-state index in [1.165, 1.54) is 6.08 Å². The Kier molecular flexibility index (Phi) is 8.50. The Balaban J connectivity index is 2.63. The first-order chi connectivity index (χ1) is 9.54. The summed E-state index contributed by atoms with van der Waals surface area (Å²) in [7, 11) is 1.63. The Hall–Kier alpha value is -0.320. The molecule has 0 radical (unpaired) electrons. The fraction of sp³-hybridized carbons (Fsp3) is 0.385. The summed E-state index contributed by atoms with van der Waals surface area (Å²) in [5.41, 5.74) is 0. The van der Waals surface area contributed by atoms with Crippen molar-refractivity contribution in [2.45, 2.75) is 6.42 Å². The van der Waals surface area contributed by atoms with Crippen LogP contribution in [0.2, 0.25) is 10.0 Å². The number of hydrogen-bond acceptors (Lipinski definition) is 3. The summed E-state index contributed by atoms with van der Waals surface area (Å²) in [5.74, 6) is 0.942. The molecule has 1 aromatic rings. The summed E-state index contributed by atoms with van der Waals surface area (Å²) in [6, 6.07) is 3.24. The minimum Gasteiger partial charge on any atom is -0.490 e. The van der Waals surface area contributed by atoms with E-state index < -0.39 is 0 Å². The highest BCUT2D eigenvalue weighted by molar-refractivity contribution is 6.55. The first kappa shape index (κ1) is 17.7. The predicted molar refractivity (Wildman–Crippen MR) is 83.7 cm³/mol. The maximum absolute atomic E-state index is 6.10. The summed E-state index contributed by atoms with van der Waals surface area (Å²) < 4.78 is 16.0. The third kappa shape index (κ3) is 6.42. The van der Waals surface area contributed by atoms with Gasteiger partial charge < -0.3 is 14.2 Å². The van der Waals surface area contributed by atoms with Crippen LogP contribution in [-0.4, -0.2) is 26.9 Å². The van der Waals surface area contributed by atoms with Gasteiger partial charge in [-0.1, -0.05) is 46.4 Å². The molecule has 0 saturated carbocycles. The second-order valence-electron chi connectivity index (χ2n) is 3.72. The molecule has 0 aliphatic rings. The van der Waals surface area contributed by atoms with Crippen LogP contribution in [0, 0.1) is 0 Å². The molecule has 0 fully saturated rings. The van der Waals surface area contributed by atoms with Crippen molar-refractivity contribution in [1.82, 2.24) is 0 Å². The van der Waals surface area contributed by atoms with Gasteiger partial charge in [0.2, 0.25) is 0 Å². The molecule has 1 aromatic carbocycles. The lowest BCUT2D eigenvalue weighted by Gasteiger charge is -2.12. The largest absolute Gasteiger partial charge is 0.490 e. The smallest absolute Gasteiger partial charge is 0.156 e. The zero-order valence-electron chi connectivity index (χ0n) is 10.8. The molecule has 0 aliphatic heterocycles. The maximum Gasteiger partial charge on any atom is 0.156 e. The molecule has 7 heteroatoms. The Morgan fingerprint density at radius 3 is 2.30 bits per heavy atom. The van der Waals surface area contributed by atoms with Crippen LogP contribution in [0.1, 0.15) is 6.42 Å². The molecule has 1 rings (SSSR count). The van der Waals surface area contributed by atoms with E-state index in [9.17, 15) is 0 Å². The lowest BCUT2D eigenvalue weighted by atomic mass is 10.3. The lowest BCUT2D eigenvalue weighted by Crippen LogP contribution is -2.02. The molecule has 0 unspecified atom stereocenters. The number of methoxy groups -OCH3 is 1. The monoisotopic (exact) mass is 358 g/mol. The quantitative estimate of drug-likeness (QED) is 0.604. The minimum atomic E-state index is 0.139. The molecular weight excluding hydrogens is 346 g/mol. The van der Waals surface area contributed by atoms with Gasteiger partial charge in [0.1, 0.15) is 16.8 Å². The van der Waals surface area contributed by atoms with Gasteiger partial charge in [0.25, 0.3) is 0 Å². The molecule has 0 spiro atoms. The Morgan fingerprint density at radius 1 is 1.10 bits per heavy atom. The molecule has 20 heavy (non-hydrogen) atoms. The third-order valence-electron chi connectivity index (χ3n) is 2.20. The summed E-state index contributed by atoms with van der Waals surface area (Å²) in [5, 5.41) is 0.761. The van der Waals surface area contributed by atoms with Gasteiger partial charge in [-0.25, -0.2) is 0 Å². The zero-order chi connectivity index (χ0) is 15.0. The first-order valence-electron chi connectivity index (χ1n) is 5.79. The van der Waals surface area contributed by atoms with E-state index >= 15 is 0 Å². The average molecular weight is 360 g/mol. The Labute approximate surface area is 138 Å². The molecule has 112 valence electrons. The van der Waals surface area contributed by atoms with Crippen LogP contribution in [0.3, 0.4) is 0 Å². The van der Waals surface area contributed by atoms with Gasteiger partial charge in [-0.2, -0.15) is 0 Å². The van der Waals surface area contributed by atoms with Crippen molar-refractivity contribution in [3.05, 3.63) is 32.7 Å². The fourth-order valence-electron chi connectivity index (χ4n) is 1.34. The molecule has 3 nitrogen and oxygen atoms in total. The van der Waals surface area contributed by atoms with Crippen molar-refractivity contribution in [2.75, 3.05) is 26.9 Å². The summed E-state index contributed by atoms with van der Waals surface area (Å²) in [6.45, 7) is 1.31. The van der Waals surface area contributed by atoms with Gasteiger partial charge in [-0.15, -0.1) is 0 Å². The number of benzene rings is 1. The van der Waals surface area contributed by atoms with Gasteiger partial charge >= 0.3 is 0 Å². The second-order valence-corrected chi connectivity index (χ2v) is 5.54. The van der Waals surface area contributed by atoms with E-state index in [-0.39, 0.29) is 11.1 Å². The molecule has 0 amide bonds. The van der Waals surface area contributed by atoms with Crippen LogP contribution in [0.25, 0.3) is 0 Å². The van der Waals surface area contributed by atoms with Crippen LogP contribution >= 0.6 is 46.4 Å². The van der Waals surface area contributed by atoms with Gasteiger partial charge in [-0.3, -0.25) is 0 Å². The molecule has 0 N–H and O–H groups in total. The predicted octanol–water partition coefficient (Wildman–Crippen LogP) is 5.11. The van der Waals surface area contributed by atoms with Crippen molar-refractivity contribution in [1.29, 1.82) is 0 Å². The van der Waals surface area contributed by atoms with Crippen molar-refractivity contribution in [3.8, 4) is 11.5 Å². The number of ether oxygens (including phenoxy) is 3. The lowest BCUT2D eigenvalue weighted by molar-refractivity contribution is 0.172. The van der Waals surface area contributed by atoms with Gasteiger partial charge in [-0.05, 0) is 6.08 Å². The number of rotatable bonds is 8. The fourth-order valence-corrected chi connectivity index (χ4v) is 2.04. The molecular formula is C13H14Cl4O3. The highest BCUT2D eigenvalue weighted by Gasteiger charge is 2.10. The van der Waals surface area contributed by atoms with Crippen molar-refractivity contribution >= 4 is 46.4 Å². The summed E-state index contributed by atoms with van der Waals surface area (Å²) in [4.78, 5) is 0. The van der Waals surface area contributed by atoms with Gasteiger partial charge in [0.05, 0.1) is 16.7 Å². The molecule has 0 aromatic heterocycles. The number of hydrogen-bond donors (Lipinski definition) is 0. The van der Waals surface area contributed by atoms with E-state index in [0.29, 0.717) is 34.8 Å². The zero-order valence-corrected chi connectivity index (χ0v) is 13.8. The highest BCUT2D eigenvalue weighted by Crippen LogP contribution is 2.37. The Morgan fingerprint density at radius 2 is 1.75 bits per heavy atom. The van der Waals surface area contributed by atoms with E-state index in [1.54, 1.807) is 19.2 Å². The van der Waals surface area contributed by atoms with E-state index in [2.05, 4.69) is 0 Å². The van der Waals surface area contributed by atoms with Crippen LogP contribution in [0.4, 0.5) is 0 Å². The normalized spacial score (nSPS) is 10.2. The standard InChI is InChI=1S/C13H14Cl4O3/c1-18-4-2-5-20-13-10(14)7-9(8-11(13)15)19-6-3-12(16)17/h3,7-8H,2,4-6H2,1H3. The van der Waals surface area contributed by atoms with Crippen LogP contribution in [0.5, 0.6) is 11.5 Å². The van der Waals surface area contributed by atoms with Gasteiger partial charge in [0, 0.05) is 32.3 Å². The Bertz CT molecular complexity index is 436. The first-order valence-corrected chi connectivity index (χ1v) is 7.30. The summed E-state index contributed by atoms with van der Waals surface area (Å²) in [6.07, 6.45) is 2.26. The second kappa shape index (κ2) is 9.59. The molecule has 0 heterocycles.